The van der Waals surface area contributed by atoms with Crippen LogP contribution in [0, 0.1) is 22.7 Å². The lowest BCUT2D eigenvalue weighted by Gasteiger charge is -2.39. The zero-order valence-electron chi connectivity index (χ0n) is 11.2. The third-order valence-electron chi connectivity index (χ3n) is 3.76. The van der Waals surface area contributed by atoms with Gasteiger partial charge in [-0.15, -0.1) is 0 Å². The van der Waals surface area contributed by atoms with E-state index in [4.69, 9.17) is 0 Å². The number of hydrogen-bond donors (Lipinski definition) is 1. The Hall–Kier alpha value is -0.0400. The Morgan fingerprint density at radius 2 is 0.929 bits per heavy atom. The van der Waals surface area contributed by atoms with Gasteiger partial charge in [-0.1, -0.05) is 55.4 Å². The first-order valence-electron chi connectivity index (χ1n) is 5.66. The lowest BCUT2D eigenvalue weighted by molar-refractivity contribution is -0.0215. The molecule has 0 aromatic carbocycles. The molecule has 0 aromatic rings. The summed E-state index contributed by atoms with van der Waals surface area (Å²) in [7, 11) is 0. The summed E-state index contributed by atoms with van der Waals surface area (Å²) in [6.45, 7) is 17.4. The summed E-state index contributed by atoms with van der Waals surface area (Å²) < 4.78 is 0. The number of hydrogen-bond acceptors (Lipinski definition) is 1. The first-order chi connectivity index (χ1) is 5.98. The molecule has 0 bridgehead atoms. The predicted octanol–water partition coefficient (Wildman–Crippen LogP) is 3.71. The van der Waals surface area contributed by atoms with E-state index in [0.717, 1.165) is 0 Å². The molecular weight excluding hydrogens is 172 g/mol. The van der Waals surface area contributed by atoms with E-state index in [0.29, 0.717) is 11.8 Å². The Labute approximate surface area is 89.9 Å². The molecule has 0 aliphatic carbocycles. The van der Waals surface area contributed by atoms with Gasteiger partial charge in [0.05, 0.1) is 6.10 Å². The van der Waals surface area contributed by atoms with Crippen molar-refractivity contribution in [1.82, 2.24) is 0 Å². The molecule has 2 atom stereocenters. The standard InChI is InChI=1S/C13H28O/c1-9(12(3,4)5)11(14)10(2)13(6,7)8/h9-11,14H,1-8H3/t9-,10-/m1/s1. The molecule has 0 saturated heterocycles. The van der Waals surface area contributed by atoms with Crippen LogP contribution >= 0.6 is 0 Å². The highest BCUT2D eigenvalue weighted by Gasteiger charge is 2.35. The van der Waals surface area contributed by atoms with E-state index in [-0.39, 0.29) is 16.9 Å². The third kappa shape index (κ3) is 3.61. The highest BCUT2D eigenvalue weighted by atomic mass is 16.3. The zero-order valence-corrected chi connectivity index (χ0v) is 11.2. The average molecular weight is 200 g/mol. The van der Waals surface area contributed by atoms with E-state index in [9.17, 15) is 5.11 Å². The molecular formula is C13H28O. The fraction of sp³-hybridized carbons (Fsp3) is 1.00. The lowest BCUT2D eigenvalue weighted by Crippen LogP contribution is -2.39. The maximum absolute atomic E-state index is 10.3. The molecule has 14 heavy (non-hydrogen) atoms. The Kier molecular flexibility index (Phi) is 4.21. The SMILES string of the molecule is C[C@H](C(O)[C@@H](C)C(C)(C)C)C(C)(C)C. The van der Waals surface area contributed by atoms with E-state index in [2.05, 4.69) is 55.4 Å². The van der Waals surface area contributed by atoms with Crippen molar-refractivity contribution in [2.75, 3.05) is 0 Å². The van der Waals surface area contributed by atoms with Gasteiger partial charge in [0.1, 0.15) is 0 Å². The van der Waals surface area contributed by atoms with Gasteiger partial charge in [0, 0.05) is 0 Å². The smallest absolute Gasteiger partial charge is 0.0601 e. The lowest BCUT2D eigenvalue weighted by atomic mass is 9.69. The summed E-state index contributed by atoms with van der Waals surface area (Å²) in [6, 6.07) is 0. The molecule has 86 valence electrons. The minimum Gasteiger partial charge on any atom is -0.393 e. The van der Waals surface area contributed by atoms with Gasteiger partial charge >= 0.3 is 0 Å². The fourth-order valence-corrected chi connectivity index (χ4v) is 1.46. The Morgan fingerprint density at radius 1 is 0.714 bits per heavy atom. The van der Waals surface area contributed by atoms with Gasteiger partial charge in [0.25, 0.3) is 0 Å². The number of rotatable bonds is 2. The molecule has 0 aliphatic heterocycles. The summed E-state index contributed by atoms with van der Waals surface area (Å²) in [6.07, 6.45) is -0.213. The van der Waals surface area contributed by atoms with Gasteiger partial charge in [-0.3, -0.25) is 0 Å². The quantitative estimate of drug-likeness (QED) is 0.720. The van der Waals surface area contributed by atoms with Crippen molar-refractivity contribution in [1.29, 1.82) is 0 Å². The highest BCUT2D eigenvalue weighted by molar-refractivity contribution is 4.84. The second kappa shape index (κ2) is 4.22. The van der Waals surface area contributed by atoms with Crippen molar-refractivity contribution in [3.05, 3.63) is 0 Å². The normalized spacial score (nSPS) is 18.4. The molecule has 0 spiro atoms. The number of aliphatic hydroxyl groups is 1. The molecule has 0 unspecified atom stereocenters. The van der Waals surface area contributed by atoms with E-state index in [1.54, 1.807) is 0 Å². The van der Waals surface area contributed by atoms with Gasteiger partial charge in [-0.2, -0.15) is 0 Å². The zero-order chi connectivity index (χ0) is 11.7. The van der Waals surface area contributed by atoms with E-state index < -0.39 is 0 Å². The van der Waals surface area contributed by atoms with Crippen LogP contribution < -0.4 is 0 Å². The summed E-state index contributed by atoms with van der Waals surface area (Å²) in [5.41, 5.74) is 0.359. The molecule has 0 radical (unpaired) electrons. The summed E-state index contributed by atoms with van der Waals surface area (Å²) in [5.74, 6) is 0.661. The Bertz CT molecular complexity index is 151. The Balaban J connectivity index is 4.56. The monoisotopic (exact) mass is 200 g/mol. The van der Waals surface area contributed by atoms with Crippen LogP contribution in [0.25, 0.3) is 0 Å². The Morgan fingerprint density at radius 3 is 1.07 bits per heavy atom. The molecule has 0 aliphatic rings. The molecule has 0 heterocycles. The van der Waals surface area contributed by atoms with Crippen LogP contribution in [0.15, 0.2) is 0 Å². The predicted molar refractivity (Wildman–Crippen MR) is 63.2 cm³/mol. The fourth-order valence-electron chi connectivity index (χ4n) is 1.46. The van der Waals surface area contributed by atoms with Crippen molar-refractivity contribution in [2.24, 2.45) is 22.7 Å². The molecule has 1 nitrogen and oxygen atoms in total. The van der Waals surface area contributed by atoms with E-state index >= 15 is 0 Å². The highest BCUT2D eigenvalue weighted by Crippen LogP contribution is 2.37. The van der Waals surface area contributed by atoms with E-state index in [1.165, 1.54) is 0 Å². The minimum atomic E-state index is -0.213. The van der Waals surface area contributed by atoms with Gasteiger partial charge in [-0.25, -0.2) is 0 Å². The van der Waals surface area contributed by atoms with E-state index in [1.807, 2.05) is 0 Å². The second-order valence-corrected chi connectivity index (χ2v) is 6.80. The molecule has 0 rings (SSSR count). The maximum atomic E-state index is 10.3. The number of aliphatic hydroxyl groups excluding tert-OH is 1. The minimum absolute atomic E-state index is 0.179. The van der Waals surface area contributed by atoms with Crippen molar-refractivity contribution in [3.8, 4) is 0 Å². The van der Waals surface area contributed by atoms with Gasteiger partial charge in [-0.05, 0) is 22.7 Å². The summed E-state index contributed by atoms with van der Waals surface area (Å²) in [5, 5.41) is 10.3. The van der Waals surface area contributed by atoms with Crippen LogP contribution in [0.5, 0.6) is 0 Å². The van der Waals surface area contributed by atoms with Gasteiger partial charge in [0.2, 0.25) is 0 Å². The molecule has 0 aromatic heterocycles. The van der Waals surface area contributed by atoms with Crippen LogP contribution in [0.4, 0.5) is 0 Å². The van der Waals surface area contributed by atoms with Gasteiger partial charge in [0.15, 0.2) is 0 Å². The molecule has 0 amide bonds. The van der Waals surface area contributed by atoms with Crippen LogP contribution in [0.1, 0.15) is 55.4 Å². The average Bonchev–Trinajstić information content (AvgIpc) is 1.97. The van der Waals surface area contributed by atoms with Crippen molar-refractivity contribution >= 4 is 0 Å². The van der Waals surface area contributed by atoms with Crippen LogP contribution in [-0.2, 0) is 0 Å². The van der Waals surface area contributed by atoms with Crippen LogP contribution in [0.3, 0.4) is 0 Å². The largest absolute Gasteiger partial charge is 0.393 e. The maximum Gasteiger partial charge on any atom is 0.0601 e. The molecule has 1 heteroatoms. The van der Waals surface area contributed by atoms with Crippen LogP contribution in [-0.4, -0.2) is 11.2 Å². The third-order valence-corrected chi connectivity index (χ3v) is 3.76. The van der Waals surface area contributed by atoms with Gasteiger partial charge < -0.3 is 5.11 Å². The second-order valence-electron chi connectivity index (χ2n) is 6.80. The molecule has 0 saturated carbocycles. The molecule has 1 N–H and O–H groups in total. The first-order valence-corrected chi connectivity index (χ1v) is 5.66. The topological polar surface area (TPSA) is 20.2 Å². The summed E-state index contributed by atoms with van der Waals surface area (Å²) in [4.78, 5) is 0. The first kappa shape index (κ1) is 14.0. The van der Waals surface area contributed by atoms with Crippen LogP contribution in [0.2, 0.25) is 0 Å². The summed E-state index contributed by atoms with van der Waals surface area (Å²) >= 11 is 0. The van der Waals surface area contributed by atoms with Crippen molar-refractivity contribution in [2.45, 2.75) is 61.5 Å². The molecule has 0 fully saturated rings. The van der Waals surface area contributed by atoms with Crippen molar-refractivity contribution in [3.63, 3.8) is 0 Å². The van der Waals surface area contributed by atoms with Crippen molar-refractivity contribution < 1.29 is 5.11 Å².